The van der Waals surface area contributed by atoms with Gasteiger partial charge in [-0.25, -0.2) is 0 Å². The maximum Gasteiger partial charge on any atom is 0.161 e. The highest BCUT2D eigenvalue weighted by Gasteiger charge is 2.19. The van der Waals surface area contributed by atoms with Crippen LogP contribution in [0.2, 0.25) is 0 Å². The summed E-state index contributed by atoms with van der Waals surface area (Å²) in [5, 5.41) is 10.4. The highest BCUT2D eigenvalue weighted by molar-refractivity contribution is 5.43. The van der Waals surface area contributed by atoms with Crippen LogP contribution in [0, 0.1) is 0 Å². The maximum atomic E-state index is 10.4. The van der Waals surface area contributed by atoms with E-state index in [0.29, 0.717) is 18.0 Å². The zero-order chi connectivity index (χ0) is 20.5. The molecule has 1 aliphatic rings. The van der Waals surface area contributed by atoms with Gasteiger partial charge in [0.05, 0.1) is 7.11 Å². The number of rotatable bonds is 11. The zero-order valence-electron chi connectivity index (χ0n) is 18.0. The molecule has 0 radical (unpaired) electrons. The van der Waals surface area contributed by atoms with E-state index < -0.39 is 6.10 Å². The number of benzene rings is 1. The van der Waals surface area contributed by atoms with E-state index in [2.05, 4.69) is 35.3 Å². The zero-order valence-corrected chi connectivity index (χ0v) is 18.0. The number of methoxy groups -OCH3 is 1. The average Bonchev–Trinajstić information content (AvgIpc) is 2.66. The van der Waals surface area contributed by atoms with Gasteiger partial charge in [-0.05, 0) is 38.2 Å². The quantitative estimate of drug-likeness (QED) is 0.583. The van der Waals surface area contributed by atoms with Crippen molar-refractivity contribution in [3.63, 3.8) is 0 Å². The number of aliphatic hydroxyl groups excluding tert-OH is 1. The number of hydrogen-bond donors (Lipinski definition) is 1. The Morgan fingerprint density at radius 2 is 1.89 bits per heavy atom. The summed E-state index contributed by atoms with van der Waals surface area (Å²) >= 11 is 0. The summed E-state index contributed by atoms with van der Waals surface area (Å²) in [7, 11) is 3.72. The van der Waals surface area contributed by atoms with Crippen LogP contribution in [0.5, 0.6) is 11.5 Å². The lowest BCUT2D eigenvalue weighted by atomic mass is 10.2. The second-order valence-electron chi connectivity index (χ2n) is 7.81. The van der Waals surface area contributed by atoms with Crippen molar-refractivity contribution in [2.24, 2.45) is 0 Å². The van der Waals surface area contributed by atoms with Crippen LogP contribution in [0.15, 0.2) is 30.4 Å². The number of ether oxygens (including phenoxy) is 2. The number of nitrogens with zero attached hydrogens (tertiary/aromatic N) is 3. The first-order valence-electron chi connectivity index (χ1n) is 10.2. The number of hydrogen-bond acceptors (Lipinski definition) is 6. The van der Waals surface area contributed by atoms with Crippen molar-refractivity contribution in [2.75, 3.05) is 66.6 Å². The van der Waals surface area contributed by atoms with Gasteiger partial charge in [0, 0.05) is 45.8 Å². The molecular formula is C22H37N3O3. The van der Waals surface area contributed by atoms with E-state index in [-0.39, 0.29) is 6.61 Å². The summed E-state index contributed by atoms with van der Waals surface area (Å²) in [6.45, 7) is 16.0. The second kappa shape index (κ2) is 11.4. The first-order valence-corrected chi connectivity index (χ1v) is 10.2. The second-order valence-corrected chi connectivity index (χ2v) is 7.81. The normalized spacial score (nSPS) is 16.9. The molecule has 1 saturated heterocycles. The molecule has 0 bridgehead atoms. The fourth-order valence-corrected chi connectivity index (χ4v) is 3.58. The highest BCUT2D eigenvalue weighted by atomic mass is 16.5. The molecule has 28 heavy (non-hydrogen) atoms. The topological polar surface area (TPSA) is 48.4 Å². The SMILES string of the molecule is C=C(C)CN(C)Cc1ccc(OC[C@@H](O)CN2CCN(CC)CC2)c(OC)c1. The number of β-amino-alcohol motifs (C(OH)–C–C–N with tert-alkyl or cyclic N) is 1. The van der Waals surface area contributed by atoms with Crippen molar-refractivity contribution >= 4 is 0 Å². The number of aliphatic hydroxyl groups is 1. The molecule has 2 rings (SSSR count). The Morgan fingerprint density at radius 3 is 2.50 bits per heavy atom. The summed E-state index contributed by atoms with van der Waals surface area (Å²) in [4.78, 5) is 6.94. The van der Waals surface area contributed by atoms with Crippen LogP contribution in [0.3, 0.4) is 0 Å². The Balaban J connectivity index is 1.83. The molecule has 0 saturated carbocycles. The maximum absolute atomic E-state index is 10.4. The van der Waals surface area contributed by atoms with Gasteiger partial charge in [-0.15, -0.1) is 0 Å². The number of likely N-dealkylation sites (N-methyl/N-ethyl adjacent to an activating group) is 2. The predicted molar refractivity (Wildman–Crippen MR) is 114 cm³/mol. The standard InChI is InChI=1S/C22H37N3O3/c1-6-24-9-11-25(12-10-24)16-20(26)17-28-21-8-7-19(13-22(21)27-5)15-23(4)14-18(2)3/h7-8,13,20,26H,2,6,9-12,14-17H2,1,3-5H3/t20-/m0/s1. The molecule has 158 valence electrons. The molecule has 6 heteroatoms. The molecule has 1 fully saturated rings. The molecule has 1 heterocycles. The van der Waals surface area contributed by atoms with Crippen LogP contribution in [0.25, 0.3) is 0 Å². The Kier molecular flexibility index (Phi) is 9.25. The molecule has 6 nitrogen and oxygen atoms in total. The first kappa shape index (κ1) is 22.7. The van der Waals surface area contributed by atoms with E-state index in [4.69, 9.17) is 9.47 Å². The van der Waals surface area contributed by atoms with Crippen molar-refractivity contribution in [2.45, 2.75) is 26.5 Å². The van der Waals surface area contributed by atoms with Gasteiger partial charge in [-0.1, -0.05) is 25.1 Å². The van der Waals surface area contributed by atoms with E-state index in [1.54, 1.807) is 7.11 Å². The fourth-order valence-electron chi connectivity index (χ4n) is 3.58. The predicted octanol–water partition coefficient (Wildman–Crippen LogP) is 2.08. The Bertz CT molecular complexity index is 615. The lowest BCUT2D eigenvalue weighted by Crippen LogP contribution is -2.49. The van der Waals surface area contributed by atoms with Gasteiger partial charge in [0.25, 0.3) is 0 Å². The Hall–Kier alpha value is -1.60. The summed E-state index contributed by atoms with van der Waals surface area (Å²) in [6, 6.07) is 5.97. The summed E-state index contributed by atoms with van der Waals surface area (Å²) in [5.41, 5.74) is 2.29. The molecule has 1 N–H and O–H groups in total. The van der Waals surface area contributed by atoms with Gasteiger partial charge >= 0.3 is 0 Å². The van der Waals surface area contributed by atoms with Gasteiger partial charge in [0.1, 0.15) is 12.7 Å². The lowest BCUT2D eigenvalue weighted by Gasteiger charge is -2.34. The van der Waals surface area contributed by atoms with E-state index in [9.17, 15) is 5.11 Å². The Labute approximate surface area is 170 Å². The van der Waals surface area contributed by atoms with Crippen LogP contribution < -0.4 is 9.47 Å². The van der Waals surface area contributed by atoms with Crippen molar-refractivity contribution in [1.82, 2.24) is 14.7 Å². The van der Waals surface area contributed by atoms with Crippen molar-refractivity contribution in [3.8, 4) is 11.5 Å². The molecule has 0 unspecified atom stereocenters. The highest BCUT2D eigenvalue weighted by Crippen LogP contribution is 2.28. The van der Waals surface area contributed by atoms with E-state index in [1.807, 2.05) is 25.1 Å². The van der Waals surface area contributed by atoms with Crippen LogP contribution in [-0.4, -0.2) is 92.5 Å². The molecule has 1 aromatic rings. The van der Waals surface area contributed by atoms with Gasteiger partial charge in [0.15, 0.2) is 11.5 Å². The lowest BCUT2D eigenvalue weighted by molar-refractivity contribution is 0.0464. The minimum atomic E-state index is -0.515. The van der Waals surface area contributed by atoms with E-state index >= 15 is 0 Å². The van der Waals surface area contributed by atoms with Crippen LogP contribution >= 0.6 is 0 Å². The third kappa shape index (κ3) is 7.43. The molecule has 0 spiro atoms. The summed E-state index contributed by atoms with van der Waals surface area (Å²) in [6.07, 6.45) is -0.515. The van der Waals surface area contributed by atoms with Crippen molar-refractivity contribution in [3.05, 3.63) is 35.9 Å². The third-order valence-corrected chi connectivity index (χ3v) is 5.03. The first-order chi connectivity index (χ1) is 13.4. The summed E-state index contributed by atoms with van der Waals surface area (Å²) in [5.74, 6) is 1.37. The number of piperazine rings is 1. The van der Waals surface area contributed by atoms with Crippen LogP contribution in [0.1, 0.15) is 19.4 Å². The van der Waals surface area contributed by atoms with Gasteiger partial charge in [-0.3, -0.25) is 9.80 Å². The minimum Gasteiger partial charge on any atom is -0.493 e. The molecule has 0 aromatic heterocycles. The summed E-state index contributed by atoms with van der Waals surface area (Å²) < 4.78 is 11.4. The third-order valence-electron chi connectivity index (χ3n) is 5.03. The molecule has 1 aliphatic heterocycles. The minimum absolute atomic E-state index is 0.263. The van der Waals surface area contributed by atoms with E-state index in [0.717, 1.165) is 56.9 Å². The van der Waals surface area contributed by atoms with Gasteiger partial charge < -0.3 is 19.5 Å². The monoisotopic (exact) mass is 391 g/mol. The Morgan fingerprint density at radius 1 is 1.21 bits per heavy atom. The molecule has 1 atom stereocenters. The molecule has 0 amide bonds. The molecule has 1 aromatic carbocycles. The van der Waals surface area contributed by atoms with Crippen LogP contribution in [-0.2, 0) is 6.54 Å². The van der Waals surface area contributed by atoms with Gasteiger partial charge in [-0.2, -0.15) is 0 Å². The van der Waals surface area contributed by atoms with Crippen molar-refractivity contribution in [1.29, 1.82) is 0 Å². The van der Waals surface area contributed by atoms with Crippen molar-refractivity contribution < 1.29 is 14.6 Å². The smallest absolute Gasteiger partial charge is 0.161 e. The molecular weight excluding hydrogens is 354 g/mol. The van der Waals surface area contributed by atoms with Gasteiger partial charge in [0.2, 0.25) is 0 Å². The van der Waals surface area contributed by atoms with E-state index in [1.165, 1.54) is 0 Å². The fraction of sp³-hybridized carbons (Fsp3) is 0.636. The van der Waals surface area contributed by atoms with Crippen LogP contribution in [0.4, 0.5) is 0 Å². The largest absolute Gasteiger partial charge is 0.493 e. The average molecular weight is 392 g/mol. The molecule has 0 aliphatic carbocycles.